The molecule has 3 heterocycles. The molecule has 17 heteroatoms. The van der Waals surface area contributed by atoms with E-state index in [2.05, 4.69) is 15.4 Å². The van der Waals surface area contributed by atoms with Crippen molar-refractivity contribution in [2.75, 3.05) is 25.1 Å². The summed E-state index contributed by atoms with van der Waals surface area (Å²) in [5.41, 5.74) is 6.22. The third kappa shape index (κ3) is 6.61. The van der Waals surface area contributed by atoms with Gasteiger partial charge in [0.15, 0.2) is 12.5 Å². The molecule has 5 unspecified atom stereocenters. The third-order valence-electron chi connectivity index (χ3n) is 6.39. The summed E-state index contributed by atoms with van der Waals surface area (Å²) in [5, 5.41) is 65.6. The minimum atomic E-state index is -1.63. The molecule has 4 rings (SSSR count). The van der Waals surface area contributed by atoms with Crippen LogP contribution in [0.2, 0.25) is 0 Å². The van der Waals surface area contributed by atoms with Gasteiger partial charge in [-0.25, -0.2) is 9.67 Å². The van der Waals surface area contributed by atoms with Crippen LogP contribution in [0.25, 0.3) is 0 Å². The van der Waals surface area contributed by atoms with Crippen molar-refractivity contribution in [3.05, 3.63) is 42.0 Å². The van der Waals surface area contributed by atoms with Gasteiger partial charge >= 0.3 is 0 Å². The molecule has 1 aromatic carbocycles. The summed E-state index contributed by atoms with van der Waals surface area (Å²) < 4.78 is 22.9. The molecule has 40 heavy (non-hydrogen) atoms. The molecule has 2 saturated heterocycles. The lowest BCUT2D eigenvalue weighted by Gasteiger charge is -2.39. The minimum Gasteiger partial charge on any atom is -0.394 e. The molecular weight excluding hydrogens is 538 g/mol. The number of primary amides is 1. The second kappa shape index (κ2) is 13.0. The molecule has 0 spiro atoms. The van der Waals surface area contributed by atoms with Crippen LogP contribution in [0.5, 0.6) is 0 Å². The van der Waals surface area contributed by atoms with E-state index in [4.69, 9.17) is 24.7 Å². The monoisotopic (exact) mass is 569 g/mol. The van der Waals surface area contributed by atoms with Crippen LogP contribution in [0.15, 0.2) is 30.6 Å². The first kappa shape index (κ1) is 29.9. The molecule has 2 fully saturated rings. The molecule has 2 aromatic rings. The number of ether oxygens (including phenoxy) is 4. The van der Waals surface area contributed by atoms with E-state index in [-0.39, 0.29) is 12.4 Å². The quantitative estimate of drug-likeness (QED) is 0.128. The van der Waals surface area contributed by atoms with Crippen molar-refractivity contribution in [3.63, 3.8) is 0 Å². The van der Waals surface area contributed by atoms with Crippen molar-refractivity contribution in [2.45, 2.75) is 61.9 Å². The van der Waals surface area contributed by atoms with Crippen LogP contribution < -0.4 is 11.1 Å². The van der Waals surface area contributed by atoms with E-state index < -0.39 is 86.9 Å². The van der Waals surface area contributed by atoms with Crippen LogP contribution in [0, 0.1) is 0 Å². The summed E-state index contributed by atoms with van der Waals surface area (Å²) in [6, 6.07) is 6.47. The van der Waals surface area contributed by atoms with E-state index in [1.165, 1.54) is 6.33 Å². The first-order chi connectivity index (χ1) is 19.1. The Morgan fingerprint density at radius 1 is 0.950 bits per heavy atom. The average molecular weight is 570 g/mol. The molecule has 1 aromatic heterocycles. The fourth-order valence-electron chi connectivity index (χ4n) is 4.24. The maximum atomic E-state index is 12.3. The van der Waals surface area contributed by atoms with Crippen LogP contribution in [-0.2, 0) is 30.3 Å². The van der Waals surface area contributed by atoms with E-state index in [0.29, 0.717) is 11.3 Å². The third-order valence-corrected chi connectivity index (χ3v) is 6.39. The highest BCUT2D eigenvalue weighted by Crippen LogP contribution is 2.31. The Morgan fingerprint density at radius 3 is 2.27 bits per heavy atom. The van der Waals surface area contributed by atoms with E-state index in [0.717, 1.165) is 4.68 Å². The smallest absolute Gasteiger partial charge is 0.288 e. The van der Waals surface area contributed by atoms with Crippen molar-refractivity contribution < 1.29 is 59.2 Å². The first-order valence-corrected chi connectivity index (χ1v) is 12.2. The Morgan fingerprint density at radius 2 is 1.65 bits per heavy atom. The number of benzene rings is 1. The SMILES string of the molecule is NC(=O)c1ncn([C@@H]2O[C@H](CO)[C@@H](OCc3ccc(NC(=O)COC4OC(CO)C(O)C(O)C4O)cc3)[C@H]2O)n1. The Labute approximate surface area is 226 Å². The number of aliphatic hydroxyl groups is 6. The fraction of sp³-hybridized carbons (Fsp3) is 0.565. The number of hydrogen-bond acceptors (Lipinski definition) is 14. The number of aromatic nitrogens is 3. The number of rotatable bonds is 11. The Kier molecular flexibility index (Phi) is 9.74. The van der Waals surface area contributed by atoms with Gasteiger partial charge < -0.3 is 60.6 Å². The number of nitrogens with one attached hydrogen (secondary N) is 1. The van der Waals surface area contributed by atoms with Gasteiger partial charge in [-0.2, -0.15) is 0 Å². The number of hydrogen-bond donors (Lipinski definition) is 8. The number of anilines is 1. The lowest BCUT2D eigenvalue weighted by Crippen LogP contribution is -2.59. The number of nitrogens with zero attached hydrogens (tertiary/aromatic N) is 3. The molecule has 2 aliphatic heterocycles. The Hall–Kier alpha value is -3.10. The zero-order valence-electron chi connectivity index (χ0n) is 21.0. The van der Waals surface area contributed by atoms with Gasteiger partial charge in [-0.1, -0.05) is 12.1 Å². The van der Waals surface area contributed by atoms with Crippen LogP contribution in [0.4, 0.5) is 5.69 Å². The summed E-state index contributed by atoms with van der Waals surface area (Å²) in [4.78, 5) is 27.3. The first-order valence-electron chi connectivity index (χ1n) is 12.2. The number of amides is 2. The minimum absolute atomic E-state index is 0.0205. The zero-order valence-corrected chi connectivity index (χ0v) is 21.0. The summed E-state index contributed by atoms with van der Waals surface area (Å²) in [5.74, 6) is -1.70. The van der Waals surface area contributed by atoms with Crippen LogP contribution in [0.3, 0.4) is 0 Å². The Balaban J connectivity index is 1.26. The standard InChI is InChI=1S/C23H31N5O12/c24-20(36)21-25-9-28(27-21)22-18(35)19(13(6-30)39-22)37-7-10-1-3-11(4-2-10)26-14(31)8-38-23-17(34)16(33)15(32)12(5-29)40-23/h1-4,9,12-13,15-19,22-23,29-30,32-35H,5-8H2,(H2,24,36)(H,26,31)/t12?,13-,15?,16?,17?,18-,19-,22-,23?/m1/s1. The molecular formula is C23H31N5O12. The number of aliphatic hydroxyl groups excluding tert-OH is 6. The highest BCUT2D eigenvalue weighted by Gasteiger charge is 2.46. The van der Waals surface area contributed by atoms with Gasteiger partial charge in [0.25, 0.3) is 5.91 Å². The van der Waals surface area contributed by atoms with Gasteiger partial charge in [0.05, 0.1) is 19.8 Å². The molecule has 0 aliphatic carbocycles. The summed E-state index contributed by atoms with van der Waals surface area (Å²) >= 11 is 0. The van der Waals surface area contributed by atoms with Crippen molar-refractivity contribution in [1.29, 1.82) is 0 Å². The van der Waals surface area contributed by atoms with Gasteiger partial charge in [0.1, 0.15) is 55.7 Å². The highest BCUT2D eigenvalue weighted by molar-refractivity contribution is 5.91. The maximum absolute atomic E-state index is 12.3. The van der Waals surface area contributed by atoms with Crippen LogP contribution in [0.1, 0.15) is 22.4 Å². The normalized spacial score (nSPS) is 32.2. The predicted molar refractivity (Wildman–Crippen MR) is 129 cm³/mol. The van der Waals surface area contributed by atoms with Gasteiger partial charge in [0, 0.05) is 5.69 Å². The summed E-state index contributed by atoms with van der Waals surface area (Å²) in [7, 11) is 0. The van der Waals surface area contributed by atoms with Crippen molar-refractivity contribution in [1.82, 2.24) is 14.8 Å². The van der Waals surface area contributed by atoms with Crippen molar-refractivity contribution >= 4 is 17.5 Å². The lowest BCUT2D eigenvalue weighted by atomic mass is 9.99. The summed E-state index contributed by atoms with van der Waals surface area (Å²) in [6.45, 7) is -1.61. The number of carbonyl (C=O) groups is 2. The van der Waals surface area contributed by atoms with Gasteiger partial charge in [-0.3, -0.25) is 9.59 Å². The van der Waals surface area contributed by atoms with Crippen LogP contribution in [-0.4, -0.2) is 126 Å². The van der Waals surface area contributed by atoms with Gasteiger partial charge in [0.2, 0.25) is 11.7 Å². The second-order valence-electron chi connectivity index (χ2n) is 9.18. The maximum Gasteiger partial charge on any atom is 0.288 e. The molecule has 220 valence electrons. The molecule has 0 bridgehead atoms. The molecule has 2 amide bonds. The van der Waals surface area contributed by atoms with E-state index in [9.17, 15) is 40.2 Å². The summed E-state index contributed by atoms with van der Waals surface area (Å²) in [6.07, 6.45) is -10.3. The van der Waals surface area contributed by atoms with Crippen molar-refractivity contribution in [2.24, 2.45) is 5.73 Å². The average Bonchev–Trinajstić information content (AvgIpc) is 3.56. The van der Waals surface area contributed by atoms with E-state index in [1.807, 2.05) is 0 Å². The fourth-order valence-corrected chi connectivity index (χ4v) is 4.24. The topological polar surface area (TPSA) is 261 Å². The molecule has 9 N–H and O–H groups in total. The highest BCUT2D eigenvalue weighted by atomic mass is 16.7. The zero-order chi connectivity index (χ0) is 29.0. The van der Waals surface area contributed by atoms with E-state index >= 15 is 0 Å². The van der Waals surface area contributed by atoms with Crippen LogP contribution >= 0.6 is 0 Å². The van der Waals surface area contributed by atoms with Gasteiger partial charge in [-0.05, 0) is 17.7 Å². The second-order valence-corrected chi connectivity index (χ2v) is 9.18. The van der Waals surface area contributed by atoms with E-state index in [1.54, 1.807) is 24.3 Å². The molecule has 17 nitrogen and oxygen atoms in total. The lowest BCUT2D eigenvalue weighted by molar-refractivity contribution is -0.299. The molecule has 9 atom stereocenters. The number of nitrogens with two attached hydrogens (primary N) is 1. The molecule has 0 radical (unpaired) electrons. The Bertz CT molecular complexity index is 1150. The van der Waals surface area contributed by atoms with Crippen molar-refractivity contribution in [3.8, 4) is 0 Å². The largest absolute Gasteiger partial charge is 0.394 e. The molecule has 2 aliphatic rings. The molecule has 0 saturated carbocycles. The predicted octanol–water partition coefficient (Wildman–Crippen LogP) is -4.03. The van der Waals surface area contributed by atoms with Gasteiger partial charge in [-0.15, -0.1) is 5.10 Å². The number of carbonyl (C=O) groups excluding carboxylic acids is 2.